The van der Waals surface area contributed by atoms with Crippen LogP contribution in [0.25, 0.3) is 0 Å². The molecule has 0 fully saturated rings. The van der Waals surface area contributed by atoms with Gasteiger partial charge in [0.05, 0.1) is 24.1 Å². The van der Waals surface area contributed by atoms with Gasteiger partial charge >= 0.3 is 0 Å². The molecule has 2 heterocycles. The maximum Gasteiger partial charge on any atom is 0.135 e. The Labute approximate surface area is 125 Å². The van der Waals surface area contributed by atoms with Gasteiger partial charge in [-0.15, -0.1) is 0 Å². The van der Waals surface area contributed by atoms with Gasteiger partial charge in [0, 0.05) is 18.3 Å². The minimum atomic E-state index is 0.326. The number of aryl methyl sites for hydroxylation is 1. The third-order valence-electron chi connectivity index (χ3n) is 3.08. The first kappa shape index (κ1) is 15.2. The Bertz CT molecular complexity index is 579. The van der Waals surface area contributed by atoms with Crippen LogP contribution in [0.3, 0.4) is 0 Å². The van der Waals surface area contributed by atoms with Crippen molar-refractivity contribution in [3.8, 4) is 0 Å². The zero-order chi connectivity index (χ0) is 15.2. The Hall–Kier alpha value is -2.24. The lowest BCUT2D eigenvalue weighted by Crippen LogP contribution is -2.11. The highest BCUT2D eigenvalue weighted by molar-refractivity contribution is 5.58. The van der Waals surface area contributed by atoms with Crippen molar-refractivity contribution in [2.75, 3.05) is 17.2 Å². The van der Waals surface area contributed by atoms with E-state index >= 15 is 0 Å². The molecule has 21 heavy (non-hydrogen) atoms. The molecule has 2 aromatic rings. The first-order valence-corrected chi connectivity index (χ1v) is 7.22. The molecule has 2 N–H and O–H groups in total. The van der Waals surface area contributed by atoms with Gasteiger partial charge in [-0.2, -0.15) is 0 Å². The maximum absolute atomic E-state index is 4.37. The first-order valence-electron chi connectivity index (χ1n) is 7.22. The minimum absolute atomic E-state index is 0.326. The molecule has 0 spiro atoms. The monoisotopic (exact) mass is 286 g/mol. The summed E-state index contributed by atoms with van der Waals surface area (Å²) >= 11 is 0. The van der Waals surface area contributed by atoms with Crippen molar-refractivity contribution in [1.29, 1.82) is 0 Å². The summed E-state index contributed by atoms with van der Waals surface area (Å²) in [6.45, 7) is 9.68. The van der Waals surface area contributed by atoms with Gasteiger partial charge in [-0.25, -0.2) is 9.97 Å². The smallest absolute Gasteiger partial charge is 0.135 e. The fraction of sp³-hybridized carbons (Fsp3) is 0.467. The Kier molecular flexibility index (Phi) is 5.03. The van der Waals surface area contributed by atoms with Gasteiger partial charge in [-0.3, -0.25) is 9.97 Å². The molecule has 2 rings (SSSR count). The summed E-state index contributed by atoms with van der Waals surface area (Å²) in [4.78, 5) is 17.3. The SMILES string of the molecule is CCNc1ncnc(NCc2cnc(C)cn2)c1C(C)C. The van der Waals surface area contributed by atoms with Gasteiger partial charge < -0.3 is 10.6 Å². The first-order chi connectivity index (χ1) is 10.1. The quantitative estimate of drug-likeness (QED) is 0.850. The summed E-state index contributed by atoms with van der Waals surface area (Å²) < 4.78 is 0. The van der Waals surface area contributed by atoms with Gasteiger partial charge in [0.1, 0.15) is 18.0 Å². The van der Waals surface area contributed by atoms with E-state index in [4.69, 9.17) is 0 Å². The topological polar surface area (TPSA) is 75.6 Å². The number of anilines is 2. The normalized spacial score (nSPS) is 10.7. The number of nitrogens with zero attached hydrogens (tertiary/aromatic N) is 4. The Balaban J connectivity index is 2.19. The second kappa shape index (κ2) is 6.97. The molecule has 112 valence electrons. The summed E-state index contributed by atoms with van der Waals surface area (Å²) in [6, 6.07) is 0. The summed E-state index contributed by atoms with van der Waals surface area (Å²) in [5.74, 6) is 2.06. The van der Waals surface area contributed by atoms with E-state index in [1.54, 1.807) is 18.7 Å². The van der Waals surface area contributed by atoms with Crippen LogP contribution in [0.5, 0.6) is 0 Å². The van der Waals surface area contributed by atoms with Crippen LogP contribution in [0.1, 0.15) is 43.6 Å². The highest BCUT2D eigenvalue weighted by Crippen LogP contribution is 2.28. The molecule has 0 atom stereocenters. The van der Waals surface area contributed by atoms with Crippen LogP contribution in [-0.4, -0.2) is 26.5 Å². The van der Waals surface area contributed by atoms with Crippen molar-refractivity contribution in [2.45, 2.75) is 40.2 Å². The molecule has 0 bridgehead atoms. The second-order valence-electron chi connectivity index (χ2n) is 5.17. The molecule has 0 aliphatic heterocycles. The Morgan fingerprint density at radius 2 is 1.71 bits per heavy atom. The van der Waals surface area contributed by atoms with Crippen molar-refractivity contribution < 1.29 is 0 Å². The van der Waals surface area contributed by atoms with E-state index in [2.05, 4.69) is 51.3 Å². The molecule has 0 aliphatic rings. The van der Waals surface area contributed by atoms with Crippen LogP contribution in [0.4, 0.5) is 11.6 Å². The van der Waals surface area contributed by atoms with E-state index in [0.29, 0.717) is 12.5 Å². The van der Waals surface area contributed by atoms with Gasteiger partial charge in [0.2, 0.25) is 0 Å². The van der Waals surface area contributed by atoms with Crippen LogP contribution < -0.4 is 10.6 Å². The largest absolute Gasteiger partial charge is 0.370 e. The van der Waals surface area contributed by atoms with Crippen molar-refractivity contribution >= 4 is 11.6 Å². The van der Waals surface area contributed by atoms with E-state index in [1.165, 1.54) is 0 Å². The third-order valence-corrected chi connectivity index (χ3v) is 3.08. The predicted molar refractivity (Wildman–Crippen MR) is 84.4 cm³/mol. The van der Waals surface area contributed by atoms with Crippen molar-refractivity contribution in [3.05, 3.63) is 35.7 Å². The fourth-order valence-corrected chi connectivity index (χ4v) is 2.08. The van der Waals surface area contributed by atoms with E-state index in [1.807, 2.05) is 6.92 Å². The lowest BCUT2D eigenvalue weighted by atomic mass is 10.0. The molecule has 0 amide bonds. The molecular formula is C15H22N6. The summed E-state index contributed by atoms with van der Waals surface area (Å²) in [7, 11) is 0. The Morgan fingerprint density at radius 3 is 2.29 bits per heavy atom. The summed E-state index contributed by atoms with van der Waals surface area (Å²) in [6.07, 6.45) is 5.13. The van der Waals surface area contributed by atoms with Gasteiger partial charge in [0.15, 0.2) is 0 Å². The zero-order valence-corrected chi connectivity index (χ0v) is 13.0. The van der Waals surface area contributed by atoms with Crippen LogP contribution >= 0.6 is 0 Å². The standard InChI is InChI=1S/C15H22N6/c1-5-16-14-13(10(2)3)15(21-9-20-14)19-8-12-7-17-11(4)6-18-12/h6-7,9-10H,5,8H2,1-4H3,(H2,16,19,20,21). The molecule has 0 unspecified atom stereocenters. The maximum atomic E-state index is 4.37. The van der Waals surface area contributed by atoms with E-state index in [9.17, 15) is 0 Å². The lowest BCUT2D eigenvalue weighted by molar-refractivity contribution is 0.841. The van der Waals surface area contributed by atoms with Crippen molar-refractivity contribution in [2.24, 2.45) is 0 Å². The number of nitrogens with one attached hydrogen (secondary N) is 2. The van der Waals surface area contributed by atoms with Crippen LogP contribution in [-0.2, 0) is 6.54 Å². The third kappa shape index (κ3) is 3.87. The average Bonchev–Trinajstić information content (AvgIpc) is 2.47. The molecule has 6 heteroatoms. The predicted octanol–water partition coefficient (Wildman–Crippen LogP) is 2.74. The van der Waals surface area contributed by atoms with Crippen molar-refractivity contribution in [3.63, 3.8) is 0 Å². The van der Waals surface area contributed by atoms with Crippen LogP contribution in [0.2, 0.25) is 0 Å². The van der Waals surface area contributed by atoms with Crippen molar-refractivity contribution in [1.82, 2.24) is 19.9 Å². The van der Waals surface area contributed by atoms with E-state index in [-0.39, 0.29) is 0 Å². The minimum Gasteiger partial charge on any atom is -0.370 e. The summed E-state index contributed by atoms with van der Waals surface area (Å²) in [5.41, 5.74) is 2.90. The number of hydrogen-bond donors (Lipinski definition) is 2. The Morgan fingerprint density at radius 1 is 1.00 bits per heavy atom. The van der Waals surface area contributed by atoms with Crippen LogP contribution in [0.15, 0.2) is 18.7 Å². The second-order valence-corrected chi connectivity index (χ2v) is 5.17. The highest BCUT2D eigenvalue weighted by Gasteiger charge is 2.14. The molecule has 0 aliphatic carbocycles. The molecule has 6 nitrogen and oxygen atoms in total. The van der Waals surface area contributed by atoms with Gasteiger partial charge in [-0.1, -0.05) is 13.8 Å². The molecule has 2 aromatic heterocycles. The van der Waals surface area contributed by atoms with E-state index in [0.717, 1.165) is 35.1 Å². The number of aromatic nitrogens is 4. The zero-order valence-electron chi connectivity index (χ0n) is 13.0. The molecular weight excluding hydrogens is 264 g/mol. The molecule has 0 aromatic carbocycles. The highest BCUT2D eigenvalue weighted by atomic mass is 15.1. The fourth-order valence-electron chi connectivity index (χ4n) is 2.08. The molecule has 0 saturated carbocycles. The number of hydrogen-bond acceptors (Lipinski definition) is 6. The molecule has 0 saturated heterocycles. The van der Waals surface area contributed by atoms with Crippen LogP contribution in [0, 0.1) is 6.92 Å². The van der Waals surface area contributed by atoms with Gasteiger partial charge in [0.25, 0.3) is 0 Å². The van der Waals surface area contributed by atoms with Gasteiger partial charge in [-0.05, 0) is 19.8 Å². The average molecular weight is 286 g/mol. The van der Waals surface area contributed by atoms with E-state index < -0.39 is 0 Å². The molecule has 0 radical (unpaired) electrons. The number of rotatable bonds is 6. The lowest BCUT2D eigenvalue weighted by Gasteiger charge is -2.17. The summed E-state index contributed by atoms with van der Waals surface area (Å²) in [5, 5.41) is 6.62.